The third-order valence-electron chi connectivity index (χ3n) is 5.40. The molecule has 3 heteroatoms. The predicted octanol–water partition coefficient (Wildman–Crippen LogP) is 3.00. The van der Waals surface area contributed by atoms with E-state index in [0.717, 1.165) is 12.3 Å². The summed E-state index contributed by atoms with van der Waals surface area (Å²) >= 11 is 0. The molecule has 1 atom stereocenters. The van der Waals surface area contributed by atoms with E-state index in [1.54, 1.807) is 7.11 Å². The molecule has 1 aromatic carbocycles. The summed E-state index contributed by atoms with van der Waals surface area (Å²) in [5.41, 5.74) is 3.39. The molecule has 0 radical (unpaired) electrons. The molecule has 1 saturated heterocycles. The highest BCUT2D eigenvalue weighted by Crippen LogP contribution is 2.36. The number of nitrogens with zero attached hydrogens (tertiary/aromatic N) is 1. The molecular weight excluding hydrogens is 260 g/mol. The number of fused-ring (bicyclic) bond motifs is 1. The Hall–Kier alpha value is -1.06. The molecule has 0 bridgehead atoms. The first-order valence-corrected chi connectivity index (χ1v) is 8.18. The summed E-state index contributed by atoms with van der Waals surface area (Å²) in [5.74, 6) is 0.980. The van der Waals surface area contributed by atoms with E-state index in [4.69, 9.17) is 4.74 Å². The molecule has 1 unspecified atom stereocenters. The van der Waals surface area contributed by atoms with E-state index < -0.39 is 0 Å². The minimum Gasteiger partial charge on any atom is -0.497 e. The Morgan fingerprint density at radius 3 is 2.81 bits per heavy atom. The van der Waals surface area contributed by atoms with Gasteiger partial charge < -0.3 is 15.0 Å². The van der Waals surface area contributed by atoms with Crippen molar-refractivity contribution in [3.8, 4) is 5.75 Å². The molecule has 1 aliphatic heterocycles. The molecular formula is C18H28N2O. The van der Waals surface area contributed by atoms with Crippen molar-refractivity contribution in [2.45, 2.75) is 38.6 Å². The van der Waals surface area contributed by atoms with Crippen molar-refractivity contribution in [3.05, 3.63) is 29.3 Å². The molecule has 116 valence electrons. The molecule has 0 spiro atoms. The number of likely N-dealkylation sites (tertiary alicyclic amines) is 1. The van der Waals surface area contributed by atoms with Crippen molar-refractivity contribution in [1.29, 1.82) is 0 Å². The van der Waals surface area contributed by atoms with Gasteiger partial charge in [0.2, 0.25) is 0 Å². The van der Waals surface area contributed by atoms with Crippen molar-refractivity contribution < 1.29 is 4.74 Å². The summed E-state index contributed by atoms with van der Waals surface area (Å²) in [4.78, 5) is 2.44. The second kappa shape index (κ2) is 5.98. The first-order valence-electron chi connectivity index (χ1n) is 8.18. The van der Waals surface area contributed by atoms with Gasteiger partial charge in [0.25, 0.3) is 0 Å². The molecule has 0 saturated carbocycles. The number of hydrogen-bond acceptors (Lipinski definition) is 3. The minimum absolute atomic E-state index is 0.453. The standard InChI is InChI=1S/C18H28N2O/c1-18(8-10-20(2)11-9-18)13-19-17-7-5-14-4-6-15(21-3)12-16(14)17/h4,6,12,17,19H,5,7-11,13H2,1-3H3. The Labute approximate surface area is 128 Å². The van der Waals surface area contributed by atoms with Crippen LogP contribution in [-0.4, -0.2) is 38.7 Å². The average molecular weight is 288 g/mol. The summed E-state index contributed by atoms with van der Waals surface area (Å²) in [5, 5.41) is 3.84. The van der Waals surface area contributed by atoms with Gasteiger partial charge in [-0.2, -0.15) is 0 Å². The Bertz CT molecular complexity index is 492. The smallest absolute Gasteiger partial charge is 0.119 e. The van der Waals surface area contributed by atoms with Crippen LogP contribution in [0.2, 0.25) is 0 Å². The lowest BCUT2D eigenvalue weighted by molar-refractivity contribution is 0.133. The highest BCUT2D eigenvalue weighted by Gasteiger charge is 2.31. The topological polar surface area (TPSA) is 24.5 Å². The van der Waals surface area contributed by atoms with Gasteiger partial charge >= 0.3 is 0 Å². The van der Waals surface area contributed by atoms with Crippen molar-refractivity contribution in [3.63, 3.8) is 0 Å². The third kappa shape index (κ3) is 3.24. The molecule has 0 amide bonds. The van der Waals surface area contributed by atoms with Gasteiger partial charge in [0.1, 0.15) is 5.75 Å². The van der Waals surface area contributed by atoms with Gasteiger partial charge in [-0.3, -0.25) is 0 Å². The number of aryl methyl sites for hydroxylation is 1. The lowest BCUT2D eigenvalue weighted by Crippen LogP contribution is -2.42. The van der Waals surface area contributed by atoms with Crippen LogP contribution in [0.3, 0.4) is 0 Å². The van der Waals surface area contributed by atoms with Crippen LogP contribution in [-0.2, 0) is 6.42 Å². The number of methoxy groups -OCH3 is 1. The van der Waals surface area contributed by atoms with Gasteiger partial charge in [0.05, 0.1) is 7.11 Å². The summed E-state index contributed by atoms with van der Waals surface area (Å²) in [6.45, 7) is 6.02. The average Bonchev–Trinajstić information content (AvgIpc) is 2.91. The number of benzene rings is 1. The van der Waals surface area contributed by atoms with Crippen LogP contribution in [0.5, 0.6) is 5.75 Å². The Morgan fingerprint density at radius 1 is 1.33 bits per heavy atom. The Morgan fingerprint density at radius 2 is 2.10 bits per heavy atom. The zero-order valence-corrected chi connectivity index (χ0v) is 13.6. The molecule has 3 rings (SSSR count). The molecule has 3 nitrogen and oxygen atoms in total. The second-order valence-electron chi connectivity index (χ2n) is 7.15. The minimum atomic E-state index is 0.453. The quantitative estimate of drug-likeness (QED) is 0.922. The van der Waals surface area contributed by atoms with E-state index in [1.165, 1.54) is 49.9 Å². The van der Waals surface area contributed by atoms with Gasteiger partial charge in [-0.25, -0.2) is 0 Å². The van der Waals surface area contributed by atoms with Crippen LogP contribution in [0.15, 0.2) is 18.2 Å². The van der Waals surface area contributed by atoms with Crippen molar-refractivity contribution in [2.24, 2.45) is 5.41 Å². The highest BCUT2D eigenvalue weighted by atomic mass is 16.5. The summed E-state index contributed by atoms with van der Waals surface area (Å²) < 4.78 is 5.38. The predicted molar refractivity (Wildman–Crippen MR) is 86.9 cm³/mol. The molecule has 0 aromatic heterocycles. The van der Waals surface area contributed by atoms with Crippen LogP contribution in [0.1, 0.15) is 43.4 Å². The van der Waals surface area contributed by atoms with Crippen LogP contribution < -0.4 is 10.1 Å². The van der Waals surface area contributed by atoms with Crippen molar-refractivity contribution in [1.82, 2.24) is 10.2 Å². The molecule has 1 aliphatic carbocycles. The zero-order valence-electron chi connectivity index (χ0n) is 13.6. The summed E-state index contributed by atoms with van der Waals surface area (Å²) in [7, 11) is 3.98. The van der Waals surface area contributed by atoms with Gasteiger partial charge in [-0.05, 0) is 74.5 Å². The first-order chi connectivity index (χ1) is 10.1. The third-order valence-corrected chi connectivity index (χ3v) is 5.40. The van der Waals surface area contributed by atoms with E-state index in [-0.39, 0.29) is 0 Å². The number of nitrogens with one attached hydrogen (secondary N) is 1. The van der Waals surface area contributed by atoms with Gasteiger partial charge in [-0.1, -0.05) is 13.0 Å². The SMILES string of the molecule is COc1ccc2c(c1)C(NCC1(C)CCN(C)CC1)CC2. The van der Waals surface area contributed by atoms with E-state index in [9.17, 15) is 0 Å². The van der Waals surface area contributed by atoms with Crippen LogP contribution in [0.4, 0.5) is 0 Å². The number of ether oxygens (including phenoxy) is 1. The lowest BCUT2D eigenvalue weighted by Gasteiger charge is -2.38. The zero-order chi connectivity index (χ0) is 14.9. The molecule has 1 fully saturated rings. The summed E-state index contributed by atoms with van der Waals surface area (Å²) in [6, 6.07) is 7.04. The van der Waals surface area contributed by atoms with E-state index in [2.05, 4.69) is 42.4 Å². The number of hydrogen-bond donors (Lipinski definition) is 1. The van der Waals surface area contributed by atoms with Crippen LogP contribution in [0.25, 0.3) is 0 Å². The second-order valence-corrected chi connectivity index (χ2v) is 7.15. The van der Waals surface area contributed by atoms with Gasteiger partial charge in [0, 0.05) is 12.6 Å². The summed E-state index contributed by atoms with van der Waals surface area (Å²) in [6.07, 6.45) is 5.01. The molecule has 2 aliphatic rings. The maximum absolute atomic E-state index is 5.38. The Balaban J connectivity index is 1.63. The van der Waals surface area contributed by atoms with Crippen LogP contribution in [0, 0.1) is 5.41 Å². The van der Waals surface area contributed by atoms with E-state index >= 15 is 0 Å². The van der Waals surface area contributed by atoms with Gasteiger partial charge in [0.15, 0.2) is 0 Å². The number of piperidine rings is 1. The largest absolute Gasteiger partial charge is 0.497 e. The normalized spacial score (nSPS) is 24.8. The number of rotatable bonds is 4. The Kier molecular flexibility index (Phi) is 4.23. The van der Waals surface area contributed by atoms with Crippen molar-refractivity contribution in [2.75, 3.05) is 33.8 Å². The van der Waals surface area contributed by atoms with Crippen molar-refractivity contribution >= 4 is 0 Å². The van der Waals surface area contributed by atoms with E-state index in [0.29, 0.717) is 11.5 Å². The highest BCUT2D eigenvalue weighted by molar-refractivity contribution is 5.40. The maximum Gasteiger partial charge on any atom is 0.119 e. The fraction of sp³-hybridized carbons (Fsp3) is 0.667. The molecule has 1 N–H and O–H groups in total. The molecule has 21 heavy (non-hydrogen) atoms. The maximum atomic E-state index is 5.38. The molecule has 1 heterocycles. The fourth-order valence-electron chi connectivity index (χ4n) is 3.62. The molecule has 1 aromatic rings. The first kappa shape index (κ1) is 14.9. The van der Waals surface area contributed by atoms with Crippen LogP contribution >= 0.6 is 0 Å². The fourth-order valence-corrected chi connectivity index (χ4v) is 3.62. The lowest BCUT2D eigenvalue weighted by atomic mass is 9.80. The van der Waals surface area contributed by atoms with E-state index in [1.807, 2.05) is 0 Å². The van der Waals surface area contributed by atoms with Gasteiger partial charge in [-0.15, -0.1) is 0 Å². The monoisotopic (exact) mass is 288 g/mol.